The lowest BCUT2D eigenvalue weighted by Gasteiger charge is -2.17. The molecule has 1 unspecified atom stereocenters. The highest BCUT2D eigenvalue weighted by Crippen LogP contribution is 2.25. The highest BCUT2D eigenvalue weighted by molar-refractivity contribution is 6.04. The van der Waals surface area contributed by atoms with Gasteiger partial charge < -0.3 is 9.84 Å². The fraction of sp³-hybridized carbons (Fsp3) is 0.286. The summed E-state index contributed by atoms with van der Waals surface area (Å²) in [6.45, 7) is 3.21. The summed E-state index contributed by atoms with van der Waals surface area (Å²) in [5, 5.41) is 6.28. The predicted molar refractivity (Wildman–Crippen MR) is 72.9 cm³/mol. The van der Waals surface area contributed by atoms with Gasteiger partial charge >= 0.3 is 6.03 Å². The van der Waals surface area contributed by atoms with Gasteiger partial charge in [0.15, 0.2) is 0 Å². The van der Waals surface area contributed by atoms with Crippen LogP contribution >= 0.6 is 0 Å². The maximum absolute atomic E-state index is 13.2. The van der Waals surface area contributed by atoms with Crippen molar-refractivity contribution in [3.05, 3.63) is 36.0 Å². The van der Waals surface area contributed by atoms with Crippen LogP contribution in [-0.2, 0) is 4.79 Å². The Kier molecular flexibility index (Phi) is 3.36. The first kappa shape index (κ1) is 14.2. The van der Waals surface area contributed by atoms with Gasteiger partial charge in [-0.05, 0) is 26.0 Å². The molecular weight excluding hydrogens is 291 g/mol. The Morgan fingerprint density at radius 2 is 2.18 bits per heavy atom. The summed E-state index contributed by atoms with van der Waals surface area (Å²) in [5.41, 5.74) is 0.452. The average Bonchev–Trinajstić information content (AvgIpc) is 3.05. The minimum absolute atomic E-state index is 0.108. The number of imide groups is 1. The zero-order valence-corrected chi connectivity index (χ0v) is 11.9. The van der Waals surface area contributed by atoms with Gasteiger partial charge in [0.1, 0.15) is 17.9 Å². The first-order chi connectivity index (χ1) is 10.5. The van der Waals surface area contributed by atoms with Gasteiger partial charge in [0.2, 0.25) is 11.7 Å². The molecule has 1 N–H and O–H groups in total. The maximum atomic E-state index is 13.2. The number of nitrogens with zero attached hydrogens (tertiary/aromatic N) is 3. The summed E-state index contributed by atoms with van der Waals surface area (Å²) in [6, 6.07) is 3.96. The van der Waals surface area contributed by atoms with E-state index in [0.29, 0.717) is 5.56 Å². The van der Waals surface area contributed by atoms with Crippen molar-refractivity contribution < 1.29 is 18.5 Å². The molecule has 2 atom stereocenters. The quantitative estimate of drug-likeness (QED) is 0.875. The molecule has 0 radical (unpaired) electrons. The maximum Gasteiger partial charge on any atom is 0.325 e. The molecule has 2 aromatic rings. The molecule has 1 saturated heterocycles. The van der Waals surface area contributed by atoms with Crippen molar-refractivity contribution in [3.63, 3.8) is 0 Å². The SMILES string of the molecule is CC(c1nc(-c2cccc(F)c2)no1)N1C(=O)N[C@@H](C)C1=O. The molecule has 0 saturated carbocycles. The van der Waals surface area contributed by atoms with Gasteiger partial charge in [0, 0.05) is 5.56 Å². The Labute approximate surface area is 125 Å². The third-order valence-corrected chi connectivity index (χ3v) is 3.44. The fourth-order valence-corrected chi connectivity index (χ4v) is 2.25. The number of carbonyl (C=O) groups excluding carboxylic acids is 2. The molecule has 0 aliphatic carbocycles. The lowest BCUT2D eigenvalue weighted by atomic mass is 10.2. The molecule has 114 valence electrons. The summed E-state index contributed by atoms with van der Waals surface area (Å²) in [5.74, 6) is -0.471. The van der Waals surface area contributed by atoms with Crippen molar-refractivity contribution in [3.8, 4) is 11.4 Å². The van der Waals surface area contributed by atoms with Crippen LogP contribution in [0.1, 0.15) is 25.8 Å². The Bertz CT molecular complexity index is 745. The van der Waals surface area contributed by atoms with Gasteiger partial charge in [-0.3, -0.25) is 9.69 Å². The molecule has 1 fully saturated rings. The first-order valence-electron chi connectivity index (χ1n) is 6.70. The number of amides is 3. The van der Waals surface area contributed by atoms with E-state index >= 15 is 0 Å². The standard InChI is InChI=1S/C14H13FN4O3/c1-7-13(20)19(14(21)16-7)8(2)12-17-11(18-22-12)9-4-3-5-10(15)6-9/h3-8H,1-2H3,(H,16,21)/t7-,8?/m0/s1. The molecule has 0 bridgehead atoms. The monoisotopic (exact) mass is 304 g/mol. The fourth-order valence-electron chi connectivity index (χ4n) is 2.25. The van der Waals surface area contributed by atoms with Crippen LogP contribution in [0.25, 0.3) is 11.4 Å². The van der Waals surface area contributed by atoms with E-state index in [1.807, 2.05) is 0 Å². The Balaban J connectivity index is 1.88. The van der Waals surface area contributed by atoms with Gasteiger partial charge in [-0.15, -0.1) is 0 Å². The smallest absolute Gasteiger partial charge is 0.325 e. The summed E-state index contributed by atoms with van der Waals surface area (Å²) in [7, 11) is 0. The zero-order valence-electron chi connectivity index (χ0n) is 11.9. The third-order valence-electron chi connectivity index (χ3n) is 3.44. The second kappa shape index (κ2) is 5.21. The molecule has 7 nitrogen and oxygen atoms in total. The van der Waals surface area contributed by atoms with E-state index in [9.17, 15) is 14.0 Å². The molecule has 3 amide bonds. The number of carbonyl (C=O) groups is 2. The van der Waals surface area contributed by atoms with E-state index in [-0.39, 0.29) is 17.6 Å². The van der Waals surface area contributed by atoms with Crippen molar-refractivity contribution in [2.24, 2.45) is 0 Å². The van der Waals surface area contributed by atoms with Crippen LogP contribution in [0, 0.1) is 5.82 Å². The molecule has 3 rings (SSSR count). The highest BCUT2D eigenvalue weighted by Gasteiger charge is 2.40. The van der Waals surface area contributed by atoms with Gasteiger partial charge in [0.05, 0.1) is 0 Å². The van der Waals surface area contributed by atoms with Gasteiger partial charge in [-0.25, -0.2) is 9.18 Å². The predicted octanol–water partition coefficient (Wildman–Crippen LogP) is 1.88. The van der Waals surface area contributed by atoms with Crippen LogP contribution in [0.2, 0.25) is 0 Å². The zero-order chi connectivity index (χ0) is 15.9. The molecule has 1 aromatic carbocycles. The van der Waals surface area contributed by atoms with Crippen LogP contribution in [0.4, 0.5) is 9.18 Å². The minimum Gasteiger partial charge on any atom is -0.337 e. The van der Waals surface area contributed by atoms with Gasteiger partial charge in [0.25, 0.3) is 5.91 Å². The molecule has 8 heteroatoms. The number of halogens is 1. The lowest BCUT2D eigenvalue weighted by molar-refractivity contribution is -0.128. The average molecular weight is 304 g/mol. The van der Waals surface area contributed by atoms with Crippen LogP contribution in [0.3, 0.4) is 0 Å². The normalized spacial score (nSPS) is 19.4. The number of benzene rings is 1. The van der Waals surface area contributed by atoms with E-state index < -0.39 is 23.9 Å². The number of nitrogens with one attached hydrogen (secondary N) is 1. The molecule has 1 aliphatic heterocycles. The summed E-state index contributed by atoms with van der Waals surface area (Å²) in [6.07, 6.45) is 0. The number of hydrogen-bond acceptors (Lipinski definition) is 5. The molecule has 2 heterocycles. The van der Waals surface area contributed by atoms with E-state index in [0.717, 1.165) is 4.90 Å². The van der Waals surface area contributed by atoms with Gasteiger partial charge in [-0.2, -0.15) is 4.98 Å². The van der Waals surface area contributed by atoms with Crippen molar-refractivity contribution in [1.82, 2.24) is 20.4 Å². The minimum atomic E-state index is -0.702. The van der Waals surface area contributed by atoms with Crippen molar-refractivity contribution in [2.45, 2.75) is 25.9 Å². The van der Waals surface area contributed by atoms with Crippen molar-refractivity contribution >= 4 is 11.9 Å². The Morgan fingerprint density at radius 1 is 1.41 bits per heavy atom. The van der Waals surface area contributed by atoms with Crippen LogP contribution in [-0.4, -0.2) is 33.0 Å². The second-order valence-electron chi connectivity index (χ2n) is 5.02. The van der Waals surface area contributed by atoms with Crippen LogP contribution in [0.15, 0.2) is 28.8 Å². The van der Waals surface area contributed by atoms with Crippen molar-refractivity contribution in [2.75, 3.05) is 0 Å². The Hall–Kier alpha value is -2.77. The summed E-state index contributed by atoms with van der Waals surface area (Å²) >= 11 is 0. The molecule has 1 aliphatic rings. The van der Waals surface area contributed by atoms with E-state index in [1.165, 1.54) is 18.2 Å². The second-order valence-corrected chi connectivity index (χ2v) is 5.02. The third kappa shape index (κ3) is 2.32. The number of aromatic nitrogens is 2. The molecule has 22 heavy (non-hydrogen) atoms. The number of urea groups is 1. The highest BCUT2D eigenvalue weighted by atomic mass is 19.1. The first-order valence-corrected chi connectivity index (χ1v) is 6.70. The van der Waals surface area contributed by atoms with E-state index in [2.05, 4.69) is 15.5 Å². The molecule has 1 aromatic heterocycles. The lowest BCUT2D eigenvalue weighted by Crippen LogP contribution is -2.34. The topological polar surface area (TPSA) is 88.3 Å². The molecular formula is C14H13FN4O3. The summed E-state index contributed by atoms with van der Waals surface area (Å²) in [4.78, 5) is 28.9. The largest absolute Gasteiger partial charge is 0.337 e. The van der Waals surface area contributed by atoms with Crippen molar-refractivity contribution in [1.29, 1.82) is 0 Å². The van der Waals surface area contributed by atoms with E-state index in [1.54, 1.807) is 19.9 Å². The van der Waals surface area contributed by atoms with Gasteiger partial charge in [-0.1, -0.05) is 17.3 Å². The molecule has 0 spiro atoms. The Morgan fingerprint density at radius 3 is 2.82 bits per heavy atom. The van der Waals surface area contributed by atoms with Crippen LogP contribution in [0.5, 0.6) is 0 Å². The van der Waals surface area contributed by atoms with Crippen LogP contribution < -0.4 is 5.32 Å². The number of hydrogen-bond donors (Lipinski definition) is 1. The summed E-state index contributed by atoms with van der Waals surface area (Å²) < 4.78 is 18.3. The number of rotatable bonds is 3. The van der Waals surface area contributed by atoms with E-state index in [4.69, 9.17) is 4.52 Å².